The molecule has 0 aromatic carbocycles. The number of nitrogens with one attached hydrogen (secondary N) is 2. The number of hydrogen-bond acceptors (Lipinski definition) is 3. The molecule has 15 heavy (non-hydrogen) atoms. The molecule has 2 rings (SSSR count). The van der Waals surface area contributed by atoms with Crippen molar-refractivity contribution < 1.29 is 0 Å². The van der Waals surface area contributed by atoms with E-state index < -0.39 is 0 Å². The zero-order chi connectivity index (χ0) is 11.1. The molecule has 0 saturated heterocycles. The summed E-state index contributed by atoms with van der Waals surface area (Å²) in [6.45, 7) is 7.99. The van der Waals surface area contributed by atoms with Gasteiger partial charge in [-0.15, -0.1) is 0 Å². The van der Waals surface area contributed by atoms with Crippen molar-refractivity contribution in [1.82, 2.24) is 15.3 Å². The molecule has 1 aromatic rings. The first-order valence-electron chi connectivity index (χ1n) is 5.32. The van der Waals surface area contributed by atoms with Gasteiger partial charge in [-0.2, -0.15) is 4.98 Å². The van der Waals surface area contributed by atoms with Gasteiger partial charge in [0.1, 0.15) is 0 Å². The quantitative estimate of drug-likeness (QED) is 0.659. The average Bonchev–Trinajstić information content (AvgIpc) is 2.15. The van der Waals surface area contributed by atoms with E-state index in [0.29, 0.717) is 0 Å². The molecule has 0 radical (unpaired) electrons. The second-order valence-electron chi connectivity index (χ2n) is 5.02. The molecule has 0 spiro atoms. The molecule has 4 heteroatoms. The molecule has 0 unspecified atom stereocenters. The Labute approximate surface area is 89.1 Å². The van der Waals surface area contributed by atoms with E-state index in [2.05, 4.69) is 36.1 Å². The summed E-state index contributed by atoms with van der Waals surface area (Å²) in [5, 5.41) is 3.25. The summed E-state index contributed by atoms with van der Waals surface area (Å²) in [4.78, 5) is 18.3. The van der Waals surface area contributed by atoms with Gasteiger partial charge < -0.3 is 10.3 Å². The van der Waals surface area contributed by atoms with Crippen molar-refractivity contribution in [2.45, 2.75) is 39.2 Å². The Morgan fingerprint density at radius 3 is 2.73 bits per heavy atom. The predicted molar refractivity (Wildman–Crippen MR) is 59.0 cm³/mol. The second-order valence-corrected chi connectivity index (χ2v) is 5.02. The van der Waals surface area contributed by atoms with Crippen LogP contribution in [0, 0.1) is 0 Å². The van der Waals surface area contributed by atoms with Crippen LogP contribution >= 0.6 is 0 Å². The van der Waals surface area contributed by atoms with Crippen LogP contribution in [0.1, 0.15) is 37.7 Å². The van der Waals surface area contributed by atoms with Gasteiger partial charge in [-0.25, -0.2) is 4.79 Å². The zero-order valence-corrected chi connectivity index (χ0v) is 9.48. The largest absolute Gasteiger partial charge is 0.345 e. The van der Waals surface area contributed by atoms with Crippen LogP contribution in [0.3, 0.4) is 0 Å². The van der Waals surface area contributed by atoms with E-state index >= 15 is 0 Å². The molecule has 0 bridgehead atoms. The number of rotatable bonds is 0. The number of fused-ring (bicyclic) bond motifs is 1. The lowest BCUT2D eigenvalue weighted by molar-refractivity contribution is 0.530. The van der Waals surface area contributed by atoms with E-state index in [9.17, 15) is 4.79 Å². The molecule has 1 aliphatic heterocycles. The zero-order valence-electron chi connectivity index (χ0n) is 9.48. The van der Waals surface area contributed by atoms with Crippen LogP contribution in [-0.4, -0.2) is 16.5 Å². The molecule has 2 N–H and O–H groups in total. The molecule has 2 heterocycles. The lowest BCUT2D eigenvalue weighted by atomic mass is 9.86. The van der Waals surface area contributed by atoms with E-state index in [-0.39, 0.29) is 11.1 Å². The van der Waals surface area contributed by atoms with Crippen molar-refractivity contribution in [3.05, 3.63) is 27.4 Å². The van der Waals surface area contributed by atoms with Crippen molar-refractivity contribution in [3.8, 4) is 0 Å². The molecular formula is C11H17N3O. The molecular weight excluding hydrogens is 190 g/mol. The Morgan fingerprint density at radius 2 is 2.07 bits per heavy atom. The molecule has 1 aliphatic rings. The van der Waals surface area contributed by atoms with Crippen molar-refractivity contribution in [2.75, 3.05) is 6.54 Å². The Morgan fingerprint density at radius 1 is 1.33 bits per heavy atom. The Hall–Kier alpha value is -1.16. The van der Waals surface area contributed by atoms with E-state index in [1.165, 1.54) is 5.56 Å². The minimum atomic E-state index is -0.234. The fourth-order valence-electron chi connectivity index (χ4n) is 2.01. The average molecular weight is 207 g/mol. The summed E-state index contributed by atoms with van der Waals surface area (Å²) >= 11 is 0. The fraction of sp³-hybridized carbons (Fsp3) is 0.636. The summed E-state index contributed by atoms with van der Waals surface area (Å²) in [5.74, 6) is 0. The van der Waals surface area contributed by atoms with Crippen LogP contribution in [0.4, 0.5) is 0 Å². The lowest BCUT2D eigenvalue weighted by Gasteiger charge is -2.25. The third-order valence-corrected chi connectivity index (χ3v) is 2.69. The summed E-state index contributed by atoms with van der Waals surface area (Å²) in [7, 11) is 0. The van der Waals surface area contributed by atoms with Crippen LogP contribution in [0.5, 0.6) is 0 Å². The van der Waals surface area contributed by atoms with E-state index in [4.69, 9.17) is 0 Å². The lowest BCUT2D eigenvalue weighted by Crippen LogP contribution is -2.33. The summed E-state index contributed by atoms with van der Waals surface area (Å²) in [6.07, 6.45) is 0.950. The minimum absolute atomic E-state index is 0.0598. The number of H-pyrrole nitrogens is 1. The summed E-state index contributed by atoms with van der Waals surface area (Å²) < 4.78 is 0. The number of aromatic nitrogens is 2. The standard InChI is InChI=1S/C11H17N3O/c1-11(2,3)9-7-4-5-12-6-8(7)13-10(15)14-9/h12H,4-6H2,1-3H3,(H,13,14,15). The third kappa shape index (κ3) is 1.95. The van der Waals surface area contributed by atoms with E-state index in [0.717, 1.165) is 30.9 Å². The molecule has 0 fully saturated rings. The van der Waals surface area contributed by atoms with E-state index in [1.807, 2.05) is 0 Å². The first-order chi connectivity index (χ1) is 6.98. The van der Waals surface area contributed by atoms with Crippen molar-refractivity contribution in [3.63, 3.8) is 0 Å². The number of nitrogens with zero attached hydrogens (tertiary/aromatic N) is 1. The maximum absolute atomic E-state index is 11.4. The van der Waals surface area contributed by atoms with Crippen LogP contribution in [0.15, 0.2) is 4.79 Å². The second kappa shape index (κ2) is 3.45. The van der Waals surface area contributed by atoms with Crippen LogP contribution in [-0.2, 0) is 18.4 Å². The molecule has 0 amide bonds. The van der Waals surface area contributed by atoms with Crippen molar-refractivity contribution in [1.29, 1.82) is 0 Å². The number of aromatic amines is 1. The maximum atomic E-state index is 11.4. The van der Waals surface area contributed by atoms with Gasteiger partial charge in [-0.05, 0) is 18.5 Å². The Kier molecular flexibility index (Phi) is 2.38. The third-order valence-electron chi connectivity index (χ3n) is 2.69. The molecule has 82 valence electrons. The molecule has 4 nitrogen and oxygen atoms in total. The van der Waals surface area contributed by atoms with Crippen molar-refractivity contribution in [2.24, 2.45) is 0 Å². The van der Waals surface area contributed by atoms with Crippen LogP contribution in [0.2, 0.25) is 0 Å². The van der Waals surface area contributed by atoms with Gasteiger partial charge in [0.2, 0.25) is 0 Å². The van der Waals surface area contributed by atoms with Gasteiger partial charge in [0.05, 0.1) is 5.69 Å². The van der Waals surface area contributed by atoms with Gasteiger partial charge in [0.15, 0.2) is 0 Å². The molecule has 0 saturated carbocycles. The summed E-state index contributed by atoms with van der Waals surface area (Å²) in [5.41, 5.74) is 2.88. The first-order valence-corrected chi connectivity index (χ1v) is 5.32. The normalized spacial score (nSPS) is 16.2. The van der Waals surface area contributed by atoms with Gasteiger partial charge in [0, 0.05) is 17.7 Å². The van der Waals surface area contributed by atoms with Gasteiger partial charge in [0.25, 0.3) is 0 Å². The van der Waals surface area contributed by atoms with Crippen molar-refractivity contribution >= 4 is 0 Å². The van der Waals surface area contributed by atoms with Gasteiger partial charge >= 0.3 is 5.69 Å². The van der Waals surface area contributed by atoms with Crippen LogP contribution in [0.25, 0.3) is 0 Å². The minimum Gasteiger partial charge on any atom is -0.311 e. The predicted octanol–water partition coefficient (Wildman–Crippen LogP) is 0.713. The summed E-state index contributed by atoms with van der Waals surface area (Å²) in [6, 6.07) is 0. The van der Waals surface area contributed by atoms with Gasteiger partial charge in [-0.1, -0.05) is 20.8 Å². The fourth-order valence-corrected chi connectivity index (χ4v) is 2.01. The number of hydrogen-bond donors (Lipinski definition) is 2. The van der Waals surface area contributed by atoms with Gasteiger partial charge in [-0.3, -0.25) is 0 Å². The van der Waals surface area contributed by atoms with Crippen LogP contribution < -0.4 is 11.0 Å². The smallest absolute Gasteiger partial charge is 0.311 e. The monoisotopic (exact) mass is 207 g/mol. The highest BCUT2D eigenvalue weighted by Gasteiger charge is 2.24. The Balaban J connectivity index is 2.63. The molecule has 0 aliphatic carbocycles. The molecule has 1 aromatic heterocycles. The van der Waals surface area contributed by atoms with E-state index in [1.54, 1.807) is 0 Å². The highest BCUT2D eigenvalue weighted by molar-refractivity contribution is 5.31. The molecule has 0 atom stereocenters. The SMILES string of the molecule is CC(C)(C)c1nc(=O)[nH]c2c1CCNC2. The Bertz CT molecular complexity index is 428. The highest BCUT2D eigenvalue weighted by Crippen LogP contribution is 2.25. The maximum Gasteiger partial charge on any atom is 0.345 e. The topological polar surface area (TPSA) is 57.8 Å². The highest BCUT2D eigenvalue weighted by atomic mass is 16.1. The first kappa shape index (κ1) is 10.4.